The summed E-state index contributed by atoms with van der Waals surface area (Å²) in [5, 5.41) is 11.2. The first-order chi connectivity index (χ1) is 7.63. The standard InChI is InChI=1S/C10H12N2O3S/c13-9(14)6-8(11-10(15)12-16)7-4-2-1-3-5-7/h1-5,8,16H,6H2,(H,13,14)(H2,11,12,15). The van der Waals surface area contributed by atoms with Crippen molar-refractivity contribution >= 4 is 24.8 Å². The molecule has 6 heteroatoms. The highest BCUT2D eigenvalue weighted by atomic mass is 32.1. The third-order valence-electron chi connectivity index (χ3n) is 1.99. The number of carbonyl (C=O) groups is 2. The van der Waals surface area contributed by atoms with Gasteiger partial charge in [-0.25, -0.2) is 4.79 Å². The Morgan fingerprint density at radius 3 is 2.44 bits per heavy atom. The van der Waals surface area contributed by atoms with Crippen molar-refractivity contribution in [1.29, 1.82) is 0 Å². The number of hydrogen-bond acceptors (Lipinski definition) is 3. The van der Waals surface area contributed by atoms with Crippen LogP contribution < -0.4 is 10.0 Å². The molecule has 0 aromatic heterocycles. The average Bonchev–Trinajstić information content (AvgIpc) is 2.28. The molecular formula is C10H12N2O3S. The lowest BCUT2D eigenvalue weighted by Crippen LogP contribution is -2.34. The highest BCUT2D eigenvalue weighted by molar-refractivity contribution is 7.78. The fourth-order valence-electron chi connectivity index (χ4n) is 1.30. The molecule has 0 radical (unpaired) electrons. The minimum atomic E-state index is -0.978. The summed E-state index contributed by atoms with van der Waals surface area (Å²) < 4.78 is 2.09. The normalized spacial score (nSPS) is 11.6. The second-order valence-electron chi connectivity index (χ2n) is 3.15. The quantitative estimate of drug-likeness (QED) is 0.600. The van der Waals surface area contributed by atoms with Crippen molar-refractivity contribution in [2.75, 3.05) is 0 Å². The fraction of sp³-hybridized carbons (Fsp3) is 0.200. The zero-order valence-electron chi connectivity index (χ0n) is 8.38. The first-order valence-electron chi connectivity index (χ1n) is 4.61. The summed E-state index contributed by atoms with van der Waals surface area (Å²) in [4.78, 5) is 21.7. The van der Waals surface area contributed by atoms with Gasteiger partial charge in [-0.1, -0.05) is 43.1 Å². The topological polar surface area (TPSA) is 78.4 Å². The van der Waals surface area contributed by atoms with Crippen molar-refractivity contribution in [2.24, 2.45) is 0 Å². The summed E-state index contributed by atoms with van der Waals surface area (Å²) in [7, 11) is 0. The van der Waals surface area contributed by atoms with E-state index in [-0.39, 0.29) is 6.42 Å². The molecule has 0 spiro atoms. The molecule has 0 bridgehead atoms. The maximum atomic E-state index is 11.1. The Kier molecular flexibility index (Phi) is 4.65. The van der Waals surface area contributed by atoms with Gasteiger partial charge in [-0.2, -0.15) is 0 Å². The minimum Gasteiger partial charge on any atom is -0.481 e. The van der Waals surface area contributed by atoms with E-state index in [4.69, 9.17) is 5.11 Å². The van der Waals surface area contributed by atoms with Crippen LogP contribution in [0.1, 0.15) is 18.0 Å². The molecule has 0 fully saturated rings. The number of amides is 2. The Labute approximate surface area is 98.4 Å². The van der Waals surface area contributed by atoms with Crippen LogP contribution in [0.15, 0.2) is 30.3 Å². The van der Waals surface area contributed by atoms with Gasteiger partial charge >= 0.3 is 12.0 Å². The summed E-state index contributed by atoms with van der Waals surface area (Å²) in [6.07, 6.45) is -0.175. The van der Waals surface area contributed by atoms with Gasteiger partial charge in [-0.3, -0.25) is 9.52 Å². The van der Waals surface area contributed by atoms with E-state index >= 15 is 0 Å². The van der Waals surface area contributed by atoms with E-state index in [0.717, 1.165) is 5.56 Å². The molecule has 1 atom stereocenters. The number of rotatable bonds is 4. The predicted molar refractivity (Wildman–Crippen MR) is 62.1 cm³/mol. The smallest absolute Gasteiger partial charge is 0.325 e. The Balaban J connectivity index is 2.79. The Bertz CT molecular complexity index is 370. The first-order valence-corrected chi connectivity index (χ1v) is 5.05. The molecule has 1 aromatic rings. The summed E-state index contributed by atoms with van der Waals surface area (Å²) in [6, 6.07) is 7.80. The number of urea groups is 1. The highest BCUT2D eigenvalue weighted by Gasteiger charge is 2.16. The number of hydrogen-bond donors (Lipinski definition) is 4. The van der Waals surface area contributed by atoms with Crippen LogP contribution in [0.3, 0.4) is 0 Å². The van der Waals surface area contributed by atoms with Gasteiger partial charge in [-0.15, -0.1) is 0 Å². The van der Waals surface area contributed by atoms with Gasteiger partial charge in [0.2, 0.25) is 0 Å². The maximum Gasteiger partial charge on any atom is 0.325 e. The molecule has 86 valence electrons. The second kappa shape index (κ2) is 6.02. The van der Waals surface area contributed by atoms with Gasteiger partial charge in [-0.05, 0) is 5.56 Å². The van der Waals surface area contributed by atoms with Crippen LogP contribution in [0.25, 0.3) is 0 Å². The van der Waals surface area contributed by atoms with Crippen LogP contribution in [-0.2, 0) is 4.79 Å². The van der Waals surface area contributed by atoms with Crippen molar-refractivity contribution in [3.63, 3.8) is 0 Å². The van der Waals surface area contributed by atoms with Crippen molar-refractivity contribution in [1.82, 2.24) is 10.0 Å². The number of carbonyl (C=O) groups excluding carboxylic acids is 1. The first kappa shape index (κ1) is 12.4. The molecule has 0 saturated carbocycles. The van der Waals surface area contributed by atoms with E-state index in [9.17, 15) is 9.59 Å². The fourth-order valence-corrected chi connectivity index (χ4v) is 1.37. The largest absolute Gasteiger partial charge is 0.481 e. The van der Waals surface area contributed by atoms with Gasteiger partial charge < -0.3 is 10.4 Å². The molecule has 16 heavy (non-hydrogen) atoms. The number of carboxylic acid groups (broad SMARTS) is 1. The lowest BCUT2D eigenvalue weighted by Gasteiger charge is -2.16. The average molecular weight is 240 g/mol. The molecule has 0 aliphatic carbocycles. The van der Waals surface area contributed by atoms with Crippen LogP contribution in [0.4, 0.5) is 4.79 Å². The molecule has 5 nitrogen and oxygen atoms in total. The van der Waals surface area contributed by atoms with Crippen LogP contribution >= 0.6 is 12.8 Å². The third-order valence-corrected chi connectivity index (χ3v) is 2.19. The molecule has 0 aliphatic heterocycles. The van der Waals surface area contributed by atoms with Crippen LogP contribution in [0.5, 0.6) is 0 Å². The zero-order chi connectivity index (χ0) is 12.0. The summed E-state index contributed by atoms with van der Waals surface area (Å²) in [5.41, 5.74) is 0.738. The number of aliphatic carboxylic acids is 1. The van der Waals surface area contributed by atoms with Crippen molar-refractivity contribution in [2.45, 2.75) is 12.5 Å². The lowest BCUT2D eigenvalue weighted by atomic mass is 10.0. The highest BCUT2D eigenvalue weighted by Crippen LogP contribution is 2.16. The summed E-state index contributed by atoms with van der Waals surface area (Å²) in [5.74, 6) is -0.978. The molecule has 0 heterocycles. The number of carboxylic acids is 1. The molecule has 3 N–H and O–H groups in total. The van der Waals surface area contributed by atoms with Crippen molar-refractivity contribution in [3.05, 3.63) is 35.9 Å². The number of nitrogens with one attached hydrogen (secondary N) is 2. The molecular weight excluding hydrogens is 228 g/mol. The van der Waals surface area contributed by atoms with Crippen LogP contribution in [0.2, 0.25) is 0 Å². The van der Waals surface area contributed by atoms with E-state index in [1.54, 1.807) is 24.3 Å². The molecule has 2 amide bonds. The summed E-state index contributed by atoms with van der Waals surface area (Å²) >= 11 is 3.58. The molecule has 1 rings (SSSR count). The van der Waals surface area contributed by atoms with E-state index in [0.29, 0.717) is 0 Å². The van der Waals surface area contributed by atoms with E-state index in [1.165, 1.54) is 0 Å². The Hall–Kier alpha value is -1.69. The van der Waals surface area contributed by atoms with Gasteiger partial charge in [0, 0.05) is 0 Å². The third kappa shape index (κ3) is 3.82. The second-order valence-corrected chi connectivity index (χ2v) is 3.37. The number of benzene rings is 1. The van der Waals surface area contributed by atoms with Crippen molar-refractivity contribution in [3.8, 4) is 0 Å². The Morgan fingerprint density at radius 1 is 1.31 bits per heavy atom. The van der Waals surface area contributed by atoms with Gasteiger partial charge in [0.25, 0.3) is 0 Å². The van der Waals surface area contributed by atoms with E-state index in [2.05, 4.69) is 22.9 Å². The van der Waals surface area contributed by atoms with Crippen LogP contribution in [0, 0.1) is 0 Å². The molecule has 0 aliphatic rings. The number of thiol groups is 1. The van der Waals surface area contributed by atoms with E-state index in [1.807, 2.05) is 6.07 Å². The monoisotopic (exact) mass is 240 g/mol. The molecule has 1 aromatic carbocycles. The summed E-state index contributed by atoms with van der Waals surface area (Å²) in [6.45, 7) is 0. The lowest BCUT2D eigenvalue weighted by molar-refractivity contribution is -0.137. The minimum absolute atomic E-state index is 0.175. The van der Waals surface area contributed by atoms with Crippen LogP contribution in [-0.4, -0.2) is 17.1 Å². The molecule has 0 saturated heterocycles. The molecule has 1 unspecified atom stereocenters. The van der Waals surface area contributed by atoms with Gasteiger partial charge in [0.05, 0.1) is 12.5 Å². The predicted octanol–water partition coefficient (Wildman–Crippen LogP) is 1.35. The van der Waals surface area contributed by atoms with Gasteiger partial charge in [0.1, 0.15) is 0 Å². The van der Waals surface area contributed by atoms with Gasteiger partial charge in [0.15, 0.2) is 0 Å². The zero-order valence-corrected chi connectivity index (χ0v) is 9.28. The van der Waals surface area contributed by atoms with Crippen molar-refractivity contribution < 1.29 is 14.7 Å². The maximum absolute atomic E-state index is 11.1. The van der Waals surface area contributed by atoms with E-state index < -0.39 is 18.0 Å². The Morgan fingerprint density at radius 2 is 1.94 bits per heavy atom. The SMILES string of the molecule is O=C(O)CC(NC(=O)NS)c1ccccc1.